The second-order valence-corrected chi connectivity index (χ2v) is 8.05. The van der Waals surface area contributed by atoms with Gasteiger partial charge in [-0.1, -0.05) is 42.5 Å². The smallest absolute Gasteiger partial charge is 0.259 e. The van der Waals surface area contributed by atoms with E-state index in [1.165, 1.54) is 37.9 Å². The first kappa shape index (κ1) is 18.9. The van der Waals surface area contributed by atoms with Crippen LogP contribution in [0.5, 0.6) is 0 Å². The second-order valence-electron chi connectivity index (χ2n) is 8.05. The van der Waals surface area contributed by atoms with Gasteiger partial charge in [0.25, 0.3) is 11.8 Å². The highest BCUT2D eigenvalue weighted by Crippen LogP contribution is 2.23. The quantitative estimate of drug-likeness (QED) is 0.590. The van der Waals surface area contributed by atoms with E-state index in [0.717, 1.165) is 37.3 Å². The number of hydrogen-bond acceptors (Lipinski definition) is 3. The van der Waals surface area contributed by atoms with Gasteiger partial charge >= 0.3 is 0 Å². The molecule has 2 heterocycles. The number of hydrogen-bond donors (Lipinski definition) is 1. The van der Waals surface area contributed by atoms with Crippen LogP contribution >= 0.6 is 0 Å². The average molecular weight is 377 g/mol. The molecule has 2 aromatic rings. The van der Waals surface area contributed by atoms with Crippen molar-refractivity contribution >= 4 is 11.8 Å². The van der Waals surface area contributed by atoms with Crippen molar-refractivity contribution < 1.29 is 9.59 Å². The van der Waals surface area contributed by atoms with Crippen molar-refractivity contribution in [2.24, 2.45) is 5.92 Å². The molecule has 4 heteroatoms. The summed E-state index contributed by atoms with van der Waals surface area (Å²) in [4.78, 5) is 26.3. The molecular weight excluding hydrogens is 348 g/mol. The summed E-state index contributed by atoms with van der Waals surface area (Å²) in [6.07, 6.45) is 6.79. The summed E-state index contributed by atoms with van der Waals surface area (Å²) < 4.78 is 0. The molecule has 0 saturated carbocycles. The molecule has 2 amide bonds. The molecule has 2 aromatic carbocycles. The van der Waals surface area contributed by atoms with Gasteiger partial charge in [-0.3, -0.25) is 14.9 Å². The SMILES string of the molecule is O=C1NC(=O)c2c(CCCCN3CCC(Cc4ccccc4)CC3)cccc21. The lowest BCUT2D eigenvalue weighted by Gasteiger charge is -2.32. The largest absolute Gasteiger partial charge is 0.303 e. The van der Waals surface area contributed by atoms with Crippen molar-refractivity contribution in [2.45, 2.75) is 38.5 Å². The fourth-order valence-electron chi connectivity index (χ4n) is 4.51. The van der Waals surface area contributed by atoms with Crippen LogP contribution in [0, 0.1) is 5.92 Å². The topological polar surface area (TPSA) is 49.4 Å². The number of benzene rings is 2. The maximum atomic E-state index is 12.0. The van der Waals surface area contributed by atoms with Gasteiger partial charge in [-0.05, 0) is 81.3 Å². The maximum absolute atomic E-state index is 12.0. The van der Waals surface area contributed by atoms with Crippen LogP contribution in [-0.4, -0.2) is 36.3 Å². The number of imide groups is 1. The van der Waals surface area contributed by atoms with Crippen LogP contribution in [0.25, 0.3) is 0 Å². The highest BCUT2D eigenvalue weighted by Gasteiger charge is 2.28. The van der Waals surface area contributed by atoms with Crippen LogP contribution in [0.4, 0.5) is 0 Å². The molecular formula is C24H28N2O2. The number of rotatable bonds is 7. The zero-order valence-corrected chi connectivity index (χ0v) is 16.3. The number of piperidine rings is 1. The molecule has 4 nitrogen and oxygen atoms in total. The van der Waals surface area contributed by atoms with Crippen LogP contribution < -0.4 is 5.32 Å². The Bertz CT molecular complexity index is 839. The minimum atomic E-state index is -0.264. The zero-order valence-electron chi connectivity index (χ0n) is 16.3. The Kier molecular flexibility index (Phi) is 5.87. The third-order valence-electron chi connectivity index (χ3n) is 6.09. The lowest BCUT2D eigenvalue weighted by Crippen LogP contribution is -2.35. The number of likely N-dealkylation sites (tertiary alicyclic amines) is 1. The van der Waals surface area contributed by atoms with E-state index in [4.69, 9.17) is 0 Å². The molecule has 1 N–H and O–H groups in total. The normalized spacial score (nSPS) is 17.6. The van der Waals surface area contributed by atoms with Gasteiger partial charge in [-0.15, -0.1) is 0 Å². The van der Waals surface area contributed by atoms with Crippen molar-refractivity contribution in [3.05, 3.63) is 70.8 Å². The molecule has 1 fully saturated rings. The summed E-state index contributed by atoms with van der Waals surface area (Å²) in [7, 11) is 0. The first-order valence-corrected chi connectivity index (χ1v) is 10.4. The van der Waals surface area contributed by atoms with Crippen LogP contribution in [0.1, 0.15) is 57.5 Å². The summed E-state index contributed by atoms with van der Waals surface area (Å²) in [6, 6.07) is 16.4. The van der Waals surface area contributed by atoms with Gasteiger partial charge in [0.15, 0.2) is 0 Å². The molecule has 0 spiro atoms. The molecule has 146 valence electrons. The van der Waals surface area contributed by atoms with Crippen molar-refractivity contribution in [3.8, 4) is 0 Å². The number of carbonyl (C=O) groups excluding carboxylic acids is 2. The fraction of sp³-hybridized carbons (Fsp3) is 0.417. The molecule has 0 radical (unpaired) electrons. The van der Waals surface area contributed by atoms with Crippen LogP contribution in [0.15, 0.2) is 48.5 Å². The van der Waals surface area contributed by atoms with E-state index in [-0.39, 0.29) is 11.8 Å². The summed E-state index contributed by atoms with van der Waals surface area (Å²) in [6.45, 7) is 3.50. The van der Waals surface area contributed by atoms with Gasteiger partial charge < -0.3 is 4.90 Å². The van der Waals surface area contributed by atoms with Crippen molar-refractivity contribution in [1.82, 2.24) is 10.2 Å². The first-order valence-electron chi connectivity index (χ1n) is 10.4. The number of nitrogens with zero attached hydrogens (tertiary/aromatic N) is 1. The molecule has 0 bridgehead atoms. The Hall–Kier alpha value is -2.46. The molecule has 0 aliphatic carbocycles. The van der Waals surface area contributed by atoms with Crippen LogP contribution in [-0.2, 0) is 12.8 Å². The highest BCUT2D eigenvalue weighted by atomic mass is 16.2. The van der Waals surface area contributed by atoms with Crippen molar-refractivity contribution in [2.75, 3.05) is 19.6 Å². The Balaban J connectivity index is 1.19. The third kappa shape index (κ3) is 4.33. The number of nitrogens with one attached hydrogen (secondary N) is 1. The van der Waals surface area contributed by atoms with Gasteiger partial charge in [0, 0.05) is 0 Å². The van der Waals surface area contributed by atoms with Crippen LogP contribution in [0.2, 0.25) is 0 Å². The molecule has 1 saturated heterocycles. The van der Waals surface area contributed by atoms with Crippen molar-refractivity contribution in [3.63, 3.8) is 0 Å². The summed E-state index contributed by atoms with van der Waals surface area (Å²) in [5.74, 6) is 0.304. The molecule has 2 aliphatic heterocycles. The molecule has 4 rings (SSSR count). The van der Waals surface area contributed by atoms with E-state index in [2.05, 4.69) is 40.5 Å². The minimum absolute atomic E-state index is 0.240. The fourth-order valence-corrected chi connectivity index (χ4v) is 4.51. The zero-order chi connectivity index (χ0) is 19.3. The summed E-state index contributed by atoms with van der Waals surface area (Å²) >= 11 is 0. The molecule has 0 aromatic heterocycles. The Labute approximate surface area is 166 Å². The van der Waals surface area contributed by atoms with E-state index >= 15 is 0 Å². The van der Waals surface area contributed by atoms with Gasteiger partial charge in [0.1, 0.15) is 0 Å². The van der Waals surface area contributed by atoms with Crippen LogP contribution in [0.3, 0.4) is 0 Å². The number of aryl methyl sites for hydroxylation is 1. The molecule has 2 aliphatic rings. The standard InChI is InChI=1S/C24H28N2O2/c27-23-21-11-6-10-20(22(21)24(28)25-23)9-4-5-14-26-15-12-19(13-16-26)17-18-7-2-1-3-8-18/h1-3,6-8,10-11,19H,4-5,9,12-17H2,(H,25,27,28). The maximum Gasteiger partial charge on any atom is 0.259 e. The number of carbonyl (C=O) groups is 2. The van der Waals surface area contributed by atoms with Gasteiger partial charge in [-0.25, -0.2) is 0 Å². The molecule has 0 unspecified atom stereocenters. The molecule has 28 heavy (non-hydrogen) atoms. The summed E-state index contributed by atoms with van der Waals surface area (Å²) in [5.41, 5.74) is 3.58. The molecule has 0 atom stereocenters. The summed E-state index contributed by atoms with van der Waals surface area (Å²) in [5, 5.41) is 2.40. The van der Waals surface area contributed by atoms with Crippen molar-refractivity contribution in [1.29, 1.82) is 0 Å². The third-order valence-corrected chi connectivity index (χ3v) is 6.09. The lowest BCUT2D eigenvalue weighted by molar-refractivity contribution is 0.0879. The monoisotopic (exact) mass is 376 g/mol. The second kappa shape index (κ2) is 8.70. The van der Waals surface area contributed by atoms with E-state index in [0.29, 0.717) is 11.1 Å². The predicted octanol–water partition coefficient (Wildman–Crippen LogP) is 3.85. The van der Waals surface area contributed by atoms with E-state index in [9.17, 15) is 9.59 Å². The highest BCUT2D eigenvalue weighted by molar-refractivity contribution is 6.22. The number of unbranched alkanes of at least 4 members (excludes halogenated alkanes) is 1. The van der Waals surface area contributed by atoms with E-state index in [1.807, 2.05) is 12.1 Å². The minimum Gasteiger partial charge on any atom is -0.303 e. The lowest BCUT2D eigenvalue weighted by atomic mass is 9.90. The van der Waals surface area contributed by atoms with Gasteiger partial charge in [0.05, 0.1) is 11.1 Å². The first-order chi connectivity index (χ1) is 13.7. The Morgan fingerprint density at radius 2 is 1.68 bits per heavy atom. The predicted molar refractivity (Wildman–Crippen MR) is 110 cm³/mol. The Morgan fingerprint density at radius 1 is 0.893 bits per heavy atom. The van der Waals surface area contributed by atoms with Gasteiger partial charge in [-0.2, -0.15) is 0 Å². The average Bonchev–Trinajstić information content (AvgIpc) is 3.02. The Morgan fingerprint density at radius 3 is 2.46 bits per heavy atom. The van der Waals surface area contributed by atoms with E-state index in [1.54, 1.807) is 6.07 Å². The number of amides is 2. The van der Waals surface area contributed by atoms with Gasteiger partial charge in [0.2, 0.25) is 0 Å². The van der Waals surface area contributed by atoms with E-state index < -0.39 is 0 Å². The number of fused-ring (bicyclic) bond motifs is 1.